The van der Waals surface area contributed by atoms with Gasteiger partial charge in [-0.3, -0.25) is 0 Å². The third-order valence-electron chi connectivity index (χ3n) is 9.72. The molecule has 0 bridgehead atoms. The van der Waals surface area contributed by atoms with E-state index >= 15 is 0 Å². The van der Waals surface area contributed by atoms with Crippen LogP contribution in [0.5, 0.6) is 11.5 Å². The number of fused-ring (bicyclic) bond motifs is 3. The summed E-state index contributed by atoms with van der Waals surface area (Å²) in [6, 6.07) is 61.1. The monoisotopic (exact) mass is 651 g/mol. The van der Waals surface area contributed by atoms with Gasteiger partial charge in [-0.25, -0.2) is 15.0 Å². The van der Waals surface area contributed by atoms with E-state index in [0.29, 0.717) is 17.5 Å². The normalized spacial score (nSPS) is 11.7. The predicted octanol–water partition coefficient (Wildman–Crippen LogP) is 12.3. The predicted molar refractivity (Wildman–Crippen MR) is 208 cm³/mol. The number of hydrogen-bond acceptors (Lipinski definition) is 4. The van der Waals surface area contributed by atoms with Gasteiger partial charge in [-0.15, -0.1) is 0 Å². The summed E-state index contributed by atoms with van der Waals surface area (Å²) >= 11 is 0. The van der Waals surface area contributed by atoms with Crippen LogP contribution >= 0.6 is 0 Å². The van der Waals surface area contributed by atoms with Crippen molar-refractivity contribution in [3.05, 3.63) is 176 Å². The standard InChI is InChI=1S/C47H29N3O/c1-2-11-33(12-3-1)45-48-46(50-47(49-45)37-17-6-16-36(28-37)39-19-7-13-31-10-4-5-18-38(31)39)34-24-22-30(23-25-34)35-26-27-42-41(29-35)40-20-8-14-32-15-9-21-43(51-42)44(32)40/h1-29H. The Kier molecular flexibility index (Phi) is 6.78. The molecule has 0 unspecified atom stereocenters. The van der Waals surface area contributed by atoms with E-state index in [1.165, 1.54) is 27.3 Å². The van der Waals surface area contributed by atoms with E-state index in [2.05, 4.69) is 133 Å². The Morgan fingerprint density at radius 1 is 0.314 bits per heavy atom. The molecule has 0 saturated carbocycles. The summed E-state index contributed by atoms with van der Waals surface area (Å²) in [7, 11) is 0. The maximum absolute atomic E-state index is 6.34. The second-order valence-corrected chi connectivity index (χ2v) is 12.8. The molecular formula is C47H29N3O. The highest BCUT2D eigenvalue weighted by Crippen LogP contribution is 2.47. The Bertz CT molecular complexity index is 2760. The van der Waals surface area contributed by atoms with Crippen LogP contribution in [-0.4, -0.2) is 15.0 Å². The van der Waals surface area contributed by atoms with Crippen LogP contribution in [-0.2, 0) is 0 Å². The number of benzene rings is 8. The third kappa shape index (κ3) is 5.13. The van der Waals surface area contributed by atoms with Gasteiger partial charge in [0.25, 0.3) is 0 Å². The van der Waals surface area contributed by atoms with Crippen molar-refractivity contribution in [1.29, 1.82) is 0 Å². The smallest absolute Gasteiger partial charge is 0.164 e. The van der Waals surface area contributed by atoms with Gasteiger partial charge in [0.15, 0.2) is 17.5 Å². The van der Waals surface area contributed by atoms with Crippen molar-refractivity contribution in [2.45, 2.75) is 0 Å². The Morgan fingerprint density at radius 3 is 1.71 bits per heavy atom. The molecule has 0 atom stereocenters. The van der Waals surface area contributed by atoms with Gasteiger partial charge in [0, 0.05) is 27.6 Å². The quantitative estimate of drug-likeness (QED) is 0.186. The first-order valence-electron chi connectivity index (χ1n) is 17.1. The summed E-state index contributed by atoms with van der Waals surface area (Å²) in [5, 5.41) is 4.76. The van der Waals surface area contributed by atoms with Crippen LogP contribution in [0.1, 0.15) is 0 Å². The molecule has 0 amide bonds. The van der Waals surface area contributed by atoms with E-state index in [1.54, 1.807) is 0 Å². The second kappa shape index (κ2) is 11.9. The van der Waals surface area contributed by atoms with Gasteiger partial charge in [0.1, 0.15) is 11.5 Å². The Labute approximate surface area is 295 Å². The van der Waals surface area contributed by atoms with Crippen molar-refractivity contribution in [3.8, 4) is 79.0 Å². The molecule has 0 saturated heterocycles. The van der Waals surface area contributed by atoms with E-state index in [4.69, 9.17) is 19.7 Å². The van der Waals surface area contributed by atoms with Crippen LogP contribution in [0.25, 0.3) is 89.1 Å². The molecule has 1 aliphatic rings. The lowest BCUT2D eigenvalue weighted by atomic mass is 9.92. The highest BCUT2D eigenvalue weighted by Gasteiger charge is 2.20. The van der Waals surface area contributed by atoms with Crippen LogP contribution < -0.4 is 4.74 Å². The van der Waals surface area contributed by atoms with Crippen molar-refractivity contribution in [2.75, 3.05) is 0 Å². The molecule has 0 radical (unpaired) electrons. The first-order chi connectivity index (χ1) is 25.2. The zero-order valence-electron chi connectivity index (χ0n) is 27.5. The lowest BCUT2D eigenvalue weighted by molar-refractivity contribution is 0.487. The van der Waals surface area contributed by atoms with Crippen molar-refractivity contribution >= 4 is 21.5 Å². The summed E-state index contributed by atoms with van der Waals surface area (Å²) in [5.74, 6) is 3.67. The average Bonchev–Trinajstić information content (AvgIpc) is 3.21. The van der Waals surface area contributed by atoms with E-state index in [1.807, 2.05) is 42.5 Å². The molecule has 2 heterocycles. The fraction of sp³-hybridized carbons (Fsp3) is 0. The molecule has 4 nitrogen and oxygen atoms in total. The molecule has 0 N–H and O–H groups in total. The molecule has 238 valence electrons. The highest BCUT2D eigenvalue weighted by molar-refractivity contribution is 6.04. The maximum Gasteiger partial charge on any atom is 0.164 e. The Hall–Kier alpha value is -6.91. The summed E-state index contributed by atoms with van der Waals surface area (Å²) in [6.45, 7) is 0. The van der Waals surface area contributed by atoms with Crippen molar-refractivity contribution in [1.82, 2.24) is 15.0 Å². The summed E-state index contributed by atoms with van der Waals surface area (Å²) in [6.07, 6.45) is 0. The number of hydrogen-bond donors (Lipinski definition) is 0. The Morgan fingerprint density at radius 2 is 0.882 bits per heavy atom. The maximum atomic E-state index is 6.34. The van der Waals surface area contributed by atoms with Gasteiger partial charge in [0.05, 0.1) is 0 Å². The van der Waals surface area contributed by atoms with Gasteiger partial charge >= 0.3 is 0 Å². The highest BCUT2D eigenvalue weighted by atomic mass is 16.5. The minimum atomic E-state index is 0.628. The number of aromatic nitrogens is 3. The Balaban J connectivity index is 1.04. The lowest BCUT2D eigenvalue weighted by Gasteiger charge is -2.22. The summed E-state index contributed by atoms with van der Waals surface area (Å²) in [5.41, 5.74) is 9.61. The van der Waals surface area contributed by atoms with Crippen LogP contribution in [0.15, 0.2) is 176 Å². The third-order valence-corrected chi connectivity index (χ3v) is 9.72. The number of rotatable bonds is 5. The molecule has 8 aromatic carbocycles. The molecule has 4 heteroatoms. The molecule has 0 fully saturated rings. The first-order valence-corrected chi connectivity index (χ1v) is 17.1. The summed E-state index contributed by atoms with van der Waals surface area (Å²) in [4.78, 5) is 15.0. The minimum absolute atomic E-state index is 0.628. The van der Waals surface area contributed by atoms with Gasteiger partial charge < -0.3 is 4.74 Å². The van der Waals surface area contributed by atoms with Gasteiger partial charge in [-0.2, -0.15) is 0 Å². The number of nitrogens with zero attached hydrogens (tertiary/aromatic N) is 3. The molecule has 9 aromatic rings. The van der Waals surface area contributed by atoms with Crippen LogP contribution in [0.3, 0.4) is 0 Å². The van der Waals surface area contributed by atoms with E-state index < -0.39 is 0 Å². The van der Waals surface area contributed by atoms with Crippen molar-refractivity contribution in [2.24, 2.45) is 0 Å². The zero-order chi connectivity index (χ0) is 33.7. The van der Waals surface area contributed by atoms with E-state index in [0.717, 1.165) is 55.8 Å². The fourth-order valence-corrected chi connectivity index (χ4v) is 7.21. The fourth-order valence-electron chi connectivity index (χ4n) is 7.21. The molecule has 0 spiro atoms. The molecule has 51 heavy (non-hydrogen) atoms. The van der Waals surface area contributed by atoms with Gasteiger partial charge in [0.2, 0.25) is 0 Å². The van der Waals surface area contributed by atoms with Crippen LogP contribution in [0.4, 0.5) is 0 Å². The van der Waals surface area contributed by atoms with Crippen molar-refractivity contribution in [3.63, 3.8) is 0 Å². The molecule has 1 aliphatic heterocycles. The molecular weight excluding hydrogens is 623 g/mol. The van der Waals surface area contributed by atoms with Gasteiger partial charge in [-0.1, -0.05) is 152 Å². The molecule has 10 rings (SSSR count). The lowest BCUT2D eigenvalue weighted by Crippen LogP contribution is -2.00. The van der Waals surface area contributed by atoms with Crippen LogP contribution in [0.2, 0.25) is 0 Å². The largest absolute Gasteiger partial charge is 0.456 e. The minimum Gasteiger partial charge on any atom is -0.456 e. The SMILES string of the molecule is c1ccc(-c2nc(-c3ccc(-c4ccc5c(c4)-c4cccc6cccc(c46)O5)cc3)nc(-c3cccc(-c4cccc5ccccc45)c3)n2)cc1. The first kappa shape index (κ1) is 29.0. The average molecular weight is 652 g/mol. The zero-order valence-corrected chi connectivity index (χ0v) is 27.5. The van der Waals surface area contributed by atoms with E-state index in [9.17, 15) is 0 Å². The van der Waals surface area contributed by atoms with Crippen LogP contribution in [0, 0.1) is 0 Å². The van der Waals surface area contributed by atoms with Crippen molar-refractivity contribution < 1.29 is 4.74 Å². The van der Waals surface area contributed by atoms with E-state index in [-0.39, 0.29) is 0 Å². The van der Waals surface area contributed by atoms with Gasteiger partial charge in [-0.05, 0) is 68.2 Å². The second-order valence-electron chi connectivity index (χ2n) is 12.8. The summed E-state index contributed by atoms with van der Waals surface area (Å²) < 4.78 is 6.34. The molecule has 0 aliphatic carbocycles. The topological polar surface area (TPSA) is 47.9 Å². The number of ether oxygens (including phenoxy) is 1. The molecule has 1 aromatic heterocycles.